The van der Waals surface area contributed by atoms with Crippen LogP contribution in [0.15, 0.2) is 0 Å². The maximum atomic E-state index is 12.3. The summed E-state index contributed by atoms with van der Waals surface area (Å²) in [5, 5.41) is 16.9. The number of nitrogens with zero attached hydrogens (tertiary/aromatic N) is 2. The Morgan fingerprint density at radius 1 is 1.26 bits per heavy atom. The van der Waals surface area contributed by atoms with Crippen molar-refractivity contribution in [2.45, 2.75) is 40.5 Å². The van der Waals surface area contributed by atoms with E-state index < -0.39 is 5.97 Å². The lowest BCUT2D eigenvalue weighted by atomic mass is 10.1. The molecule has 2 aromatic heterocycles. The SMILES string of the molecule is CCc1c(C)sc(NC(=O)Cc2c(C)nn(C)c2C)c1C(=O)O. The number of carboxylic acids is 1. The number of carbonyl (C=O) groups is 2. The summed E-state index contributed by atoms with van der Waals surface area (Å²) in [6, 6.07) is 0. The Hall–Kier alpha value is -2.15. The molecular weight excluding hydrogens is 314 g/mol. The zero-order valence-corrected chi connectivity index (χ0v) is 14.8. The number of carboxylic acid groups (broad SMARTS) is 1. The van der Waals surface area contributed by atoms with Gasteiger partial charge in [0.25, 0.3) is 0 Å². The molecule has 0 saturated carbocycles. The molecule has 0 fully saturated rings. The van der Waals surface area contributed by atoms with Crippen LogP contribution in [0.1, 0.15) is 44.7 Å². The predicted molar refractivity (Wildman–Crippen MR) is 90.4 cm³/mol. The number of amides is 1. The van der Waals surface area contributed by atoms with Crippen LogP contribution < -0.4 is 5.32 Å². The molecule has 2 heterocycles. The minimum atomic E-state index is -1.00. The van der Waals surface area contributed by atoms with Gasteiger partial charge in [0.15, 0.2) is 0 Å². The average molecular weight is 335 g/mol. The maximum absolute atomic E-state index is 12.3. The molecule has 1 amide bonds. The van der Waals surface area contributed by atoms with E-state index in [-0.39, 0.29) is 17.9 Å². The summed E-state index contributed by atoms with van der Waals surface area (Å²) < 4.78 is 1.74. The number of aromatic carboxylic acids is 1. The van der Waals surface area contributed by atoms with Crippen LogP contribution >= 0.6 is 11.3 Å². The number of carbonyl (C=O) groups excluding carboxylic acids is 1. The van der Waals surface area contributed by atoms with Gasteiger partial charge in [0, 0.05) is 23.2 Å². The minimum absolute atomic E-state index is 0.184. The number of rotatable bonds is 5. The Balaban J connectivity index is 2.26. The van der Waals surface area contributed by atoms with Gasteiger partial charge in [-0.1, -0.05) is 6.92 Å². The maximum Gasteiger partial charge on any atom is 0.339 e. The first-order valence-electron chi connectivity index (χ1n) is 7.40. The van der Waals surface area contributed by atoms with Crippen LogP contribution in [0.5, 0.6) is 0 Å². The molecule has 124 valence electrons. The molecule has 0 bridgehead atoms. The number of hydrogen-bond acceptors (Lipinski definition) is 4. The second-order valence-electron chi connectivity index (χ2n) is 5.50. The lowest BCUT2D eigenvalue weighted by Gasteiger charge is -2.06. The highest BCUT2D eigenvalue weighted by Gasteiger charge is 2.22. The van der Waals surface area contributed by atoms with Crippen molar-refractivity contribution in [1.29, 1.82) is 0 Å². The van der Waals surface area contributed by atoms with E-state index in [1.54, 1.807) is 4.68 Å². The molecule has 2 N–H and O–H groups in total. The van der Waals surface area contributed by atoms with E-state index in [0.29, 0.717) is 11.4 Å². The summed E-state index contributed by atoms with van der Waals surface area (Å²) in [5.74, 6) is -1.23. The van der Waals surface area contributed by atoms with Crippen LogP contribution in [0.2, 0.25) is 0 Å². The molecule has 0 aromatic carbocycles. The van der Waals surface area contributed by atoms with Gasteiger partial charge in [-0.15, -0.1) is 11.3 Å². The molecule has 7 heteroatoms. The second-order valence-corrected chi connectivity index (χ2v) is 6.72. The predicted octanol–water partition coefficient (Wildman–Crippen LogP) is 2.85. The van der Waals surface area contributed by atoms with Crippen LogP contribution in [0.3, 0.4) is 0 Å². The molecule has 0 unspecified atom stereocenters. The van der Waals surface area contributed by atoms with Gasteiger partial charge in [-0.05, 0) is 32.8 Å². The van der Waals surface area contributed by atoms with Gasteiger partial charge in [-0.3, -0.25) is 9.48 Å². The van der Waals surface area contributed by atoms with Gasteiger partial charge >= 0.3 is 5.97 Å². The van der Waals surface area contributed by atoms with Crippen molar-refractivity contribution in [3.8, 4) is 0 Å². The summed E-state index contributed by atoms with van der Waals surface area (Å²) in [5.41, 5.74) is 3.63. The van der Waals surface area contributed by atoms with Crippen molar-refractivity contribution in [1.82, 2.24) is 9.78 Å². The Bertz CT molecular complexity index is 774. The molecule has 23 heavy (non-hydrogen) atoms. The first kappa shape index (κ1) is 17.2. The fourth-order valence-electron chi connectivity index (χ4n) is 2.72. The van der Waals surface area contributed by atoms with Crippen LogP contribution in [-0.4, -0.2) is 26.8 Å². The fourth-order valence-corrected chi connectivity index (χ4v) is 3.88. The fraction of sp³-hybridized carbons (Fsp3) is 0.438. The quantitative estimate of drug-likeness (QED) is 0.880. The topological polar surface area (TPSA) is 84.2 Å². The zero-order valence-electron chi connectivity index (χ0n) is 14.0. The Morgan fingerprint density at radius 3 is 2.39 bits per heavy atom. The molecule has 2 aromatic rings. The first-order chi connectivity index (χ1) is 10.8. The van der Waals surface area contributed by atoms with Gasteiger partial charge in [0.05, 0.1) is 17.7 Å². The lowest BCUT2D eigenvalue weighted by molar-refractivity contribution is -0.115. The molecule has 0 saturated heterocycles. The lowest BCUT2D eigenvalue weighted by Crippen LogP contribution is -2.16. The molecule has 2 rings (SSSR count). The molecule has 0 spiro atoms. The van der Waals surface area contributed by atoms with Crippen molar-refractivity contribution in [2.24, 2.45) is 7.05 Å². The molecule has 0 aliphatic heterocycles. The van der Waals surface area contributed by atoms with Gasteiger partial charge in [0.1, 0.15) is 5.00 Å². The Morgan fingerprint density at radius 2 is 1.91 bits per heavy atom. The number of aryl methyl sites for hydroxylation is 3. The normalized spacial score (nSPS) is 10.8. The third-order valence-electron chi connectivity index (χ3n) is 4.03. The summed E-state index contributed by atoms with van der Waals surface area (Å²) in [7, 11) is 1.84. The van der Waals surface area contributed by atoms with Crippen LogP contribution in [-0.2, 0) is 24.7 Å². The van der Waals surface area contributed by atoms with Crippen molar-refractivity contribution >= 4 is 28.2 Å². The smallest absolute Gasteiger partial charge is 0.339 e. The van der Waals surface area contributed by atoms with Gasteiger partial charge < -0.3 is 10.4 Å². The largest absolute Gasteiger partial charge is 0.478 e. The number of anilines is 1. The van der Waals surface area contributed by atoms with E-state index in [4.69, 9.17) is 0 Å². The van der Waals surface area contributed by atoms with E-state index >= 15 is 0 Å². The number of thiophene rings is 1. The van der Waals surface area contributed by atoms with Crippen molar-refractivity contribution in [2.75, 3.05) is 5.32 Å². The highest BCUT2D eigenvalue weighted by Crippen LogP contribution is 2.33. The summed E-state index contributed by atoms with van der Waals surface area (Å²) in [6.07, 6.45) is 0.809. The van der Waals surface area contributed by atoms with Gasteiger partial charge in [-0.2, -0.15) is 5.10 Å². The average Bonchev–Trinajstić information content (AvgIpc) is 2.89. The van der Waals surface area contributed by atoms with Crippen molar-refractivity contribution < 1.29 is 14.7 Å². The van der Waals surface area contributed by atoms with Crippen molar-refractivity contribution in [3.63, 3.8) is 0 Å². The highest BCUT2D eigenvalue weighted by molar-refractivity contribution is 7.16. The third-order valence-corrected chi connectivity index (χ3v) is 5.09. The van der Waals surface area contributed by atoms with Crippen molar-refractivity contribution in [3.05, 3.63) is 33.0 Å². The number of aromatic nitrogens is 2. The van der Waals surface area contributed by atoms with E-state index in [1.165, 1.54) is 11.3 Å². The van der Waals surface area contributed by atoms with E-state index in [2.05, 4.69) is 10.4 Å². The Labute approximate surface area is 139 Å². The molecule has 0 aliphatic carbocycles. The first-order valence-corrected chi connectivity index (χ1v) is 8.22. The number of hydrogen-bond donors (Lipinski definition) is 2. The molecule has 6 nitrogen and oxygen atoms in total. The van der Waals surface area contributed by atoms with Crippen LogP contribution in [0, 0.1) is 20.8 Å². The van der Waals surface area contributed by atoms with E-state index in [0.717, 1.165) is 27.4 Å². The van der Waals surface area contributed by atoms with Crippen LogP contribution in [0.4, 0.5) is 5.00 Å². The molecule has 0 radical (unpaired) electrons. The number of nitrogens with one attached hydrogen (secondary N) is 1. The summed E-state index contributed by atoms with van der Waals surface area (Å²) in [6.45, 7) is 7.56. The highest BCUT2D eigenvalue weighted by atomic mass is 32.1. The third kappa shape index (κ3) is 3.29. The summed E-state index contributed by atoms with van der Waals surface area (Å²) >= 11 is 1.31. The second kappa shape index (κ2) is 6.54. The van der Waals surface area contributed by atoms with E-state index in [1.807, 2.05) is 34.7 Å². The van der Waals surface area contributed by atoms with Gasteiger partial charge in [-0.25, -0.2) is 4.79 Å². The van der Waals surface area contributed by atoms with E-state index in [9.17, 15) is 14.7 Å². The Kier molecular flexibility index (Phi) is 4.89. The minimum Gasteiger partial charge on any atom is -0.478 e. The van der Waals surface area contributed by atoms with Crippen LogP contribution in [0.25, 0.3) is 0 Å². The molecule has 0 atom stereocenters. The zero-order chi connectivity index (χ0) is 17.3. The van der Waals surface area contributed by atoms with Gasteiger partial charge in [0.2, 0.25) is 5.91 Å². The molecule has 0 aliphatic rings. The monoisotopic (exact) mass is 335 g/mol. The summed E-state index contributed by atoms with van der Waals surface area (Å²) in [4.78, 5) is 24.8. The standard InChI is InChI=1S/C16H21N3O3S/c1-6-11-10(4)23-15(14(11)16(21)22)17-13(20)7-12-8(2)18-19(5)9(12)3/h6-7H2,1-5H3,(H,17,20)(H,21,22). The molecular formula is C16H21N3O3S.